The maximum absolute atomic E-state index is 13.2. The quantitative estimate of drug-likeness (QED) is 0.378. The van der Waals surface area contributed by atoms with E-state index in [4.69, 9.17) is 0 Å². The van der Waals surface area contributed by atoms with E-state index in [2.05, 4.69) is 31.1 Å². The Kier molecular flexibility index (Phi) is 7.31. The number of amides is 2. The first kappa shape index (κ1) is 24.6. The van der Waals surface area contributed by atoms with Gasteiger partial charge in [-0.05, 0) is 53.2 Å². The zero-order valence-corrected chi connectivity index (χ0v) is 20.9. The molecule has 0 bridgehead atoms. The largest absolute Gasteiger partial charge is 0.476 e. The van der Waals surface area contributed by atoms with Gasteiger partial charge in [-0.3, -0.25) is 10.1 Å². The number of benzene rings is 1. The van der Waals surface area contributed by atoms with Crippen molar-refractivity contribution < 1.29 is 19.5 Å². The van der Waals surface area contributed by atoms with Crippen LogP contribution in [0, 0.1) is 5.92 Å². The Balaban J connectivity index is 1.54. The predicted octanol–water partition coefficient (Wildman–Crippen LogP) is 3.60. The number of carbonyl (C=O) groups excluding carboxylic acids is 2. The number of hydrogen-bond donors (Lipinski definition) is 3. The van der Waals surface area contributed by atoms with Gasteiger partial charge in [-0.2, -0.15) is 0 Å². The molecule has 3 N–H and O–H groups in total. The molecule has 2 amide bonds. The van der Waals surface area contributed by atoms with Crippen LogP contribution in [0.5, 0.6) is 0 Å². The van der Waals surface area contributed by atoms with Crippen LogP contribution in [-0.2, 0) is 7.05 Å². The lowest BCUT2D eigenvalue weighted by Crippen LogP contribution is -2.22. The lowest BCUT2D eigenvalue weighted by molar-refractivity contribution is 0.0687. The highest BCUT2D eigenvalue weighted by molar-refractivity contribution is 8.01. The lowest BCUT2D eigenvalue weighted by atomic mass is 9.94. The molecule has 0 radical (unpaired) electrons. The van der Waals surface area contributed by atoms with Crippen molar-refractivity contribution in [3.8, 4) is 0 Å². The zero-order valence-electron chi connectivity index (χ0n) is 19.3. The zero-order chi connectivity index (χ0) is 25.1. The highest BCUT2D eigenvalue weighted by atomic mass is 32.2. The normalized spacial score (nSPS) is 13.6. The molecule has 1 aliphatic carbocycles. The Morgan fingerprint density at radius 3 is 2.57 bits per heavy atom. The van der Waals surface area contributed by atoms with E-state index in [0.717, 1.165) is 54.5 Å². The molecule has 2 heterocycles. The van der Waals surface area contributed by atoms with Gasteiger partial charge in [0.2, 0.25) is 5.16 Å². The van der Waals surface area contributed by atoms with Gasteiger partial charge in [-0.1, -0.05) is 24.2 Å². The average molecular weight is 517 g/mol. The monoisotopic (exact) mass is 516 g/mol. The topological polar surface area (TPSA) is 155 Å². The molecule has 0 saturated heterocycles. The van der Waals surface area contributed by atoms with Crippen LogP contribution in [0.25, 0.3) is 0 Å². The second-order valence-corrected chi connectivity index (χ2v) is 10.4. The van der Waals surface area contributed by atoms with E-state index in [1.807, 2.05) is 25.1 Å². The average Bonchev–Trinajstić information content (AvgIpc) is 3.56. The first-order chi connectivity index (χ1) is 16.7. The summed E-state index contributed by atoms with van der Waals surface area (Å²) in [5.74, 6) is -1.28. The molecule has 1 aromatic carbocycles. The number of aromatic nitrogens is 5. The van der Waals surface area contributed by atoms with Crippen molar-refractivity contribution in [3.05, 3.63) is 29.5 Å². The fourth-order valence-corrected chi connectivity index (χ4v) is 5.69. The summed E-state index contributed by atoms with van der Waals surface area (Å²) < 4.78 is 1.72. The van der Waals surface area contributed by atoms with Gasteiger partial charge in [0, 0.05) is 38.3 Å². The van der Waals surface area contributed by atoms with Crippen LogP contribution >= 0.6 is 23.1 Å². The number of thiazole rings is 1. The third-order valence-corrected chi connectivity index (χ3v) is 7.72. The first-order valence-electron chi connectivity index (χ1n) is 10.8. The highest BCUT2D eigenvalue weighted by Crippen LogP contribution is 2.36. The molecule has 35 heavy (non-hydrogen) atoms. The molecular formula is C21H24N8O4S2. The summed E-state index contributed by atoms with van der Waals surface area (Å²) in [5, 5.41) is 26.4. The van der Waals surface area contributed by atoms with Gasteiger partial charge < -0.3 is 15.3 Å². The van der Waals surface area contributed by atoms with E-state index in [0.29, 0.717) is 20.6 Å². The van der Waals surface area contributed by atoms with Crippen LogP contribution in [0.3, 0.4) is 0 Å². The predicted molar refractivity (Wildman–Crippen MR) is 132 cm³/mol. The third-order valence-electron chi connectivity index (χ3n) is 5.54. The molecule has 0 unspecified atom stereocenters. The SMILES string of the molecule is CN(C)c1ccc(NC(=O)Nc2nc(C(=O)O)c(Sc3nnnn3C)s2)c(C(=O)C2CCCC2)c1. The van der Waals surface area contributed by atoms with Gasteiger partial charge in [0.05, 0.1) is 5.69 Å². The van der Waals surface area contributed by atoms with Crippen molar-refractivity contribution in [2.24, 2.45) is 13.0 Å². The van der Waals surface area contributed by atoms with E-state index in [1.165, 1.54) is 4.68 Å². The van der Waals surface area contributed by atoms with Gasteiger partial charge in [-0.25, -0.2) is 19.3 Å². The molecule has 0 spiro atoms. The Bertz CT molecular complexity index is 1270. The molecule has 2 aromatic heterocycles. The number of carboxylic acids is 1. The number of Topliss-reactive ketones (excluding diaryl/α,β-unsaturated/α-hetero) is 1. The fourth-order valence-electron chi connectivity index (χ4n) is 3.74. The first-order valence-corrected chi connectivity index (χ1v) is 12.4. The highest BCUT2D eigenvalue weighted by Gasteiger charge is 2.27. The molecule has 3 aromatic rings. The molecule has 1 saturated carbocycles. The van der Waals surface area contributed by atoms with Crippen LogP contribution in [0.2, 0.25) is 0 Å². The number of nitrogens with one attached hydrogen (secondary N) is 2. The molecule has 14 heteroatoms. The van der Waals surface area contributed by atoms with Gasteiger partial charge >= 0.3 is 12.0 Å². The van der Waals surface area contributed by atoms with Crippen molar-refractivity contribution in [3.63, 3.8) is 0 Å². The molecule has 1 fully saturated rings. The summed E-state index contributed by atoms with van der Waals surface area (Å²) in [5.41, 5.74) is 1.48. The molecule has 1 aliphatic rings. The van der Waals surface area contributed by atoms with E-state index >= 15 is 0 Å². The minimum atomic E-state index is -1.24. The van der Waals surface area contributed by atoms with Gasteiger partial charge in [0.1, 0.15) is 4.21 Å². The van der Waals surface area contributed by atoms with Crippen molar-refractivity contribution in [2.45, 2.75) is 35.0 Å². The summed E-state index contributed by atoms with van der Waals surface area (Å²) in [7, 11) is 5.39. The number of urea groups is 1. The van der Waals surface area contributed by atoms with Gasteiger partial charge in [-0.15, -0.1) is 5.10 Å². The number of tetrazole rings is 1. The number of carbonyl (C=O) groups is 3. The van der Waals surface area contributed by atoms with Crippen molar-refractivity contribution in [2.75, 3.05) is 29.6 Å². The Morgan fingerprint density at radius 1 is 1.20 bits per heavy atom. The number of aryl methyl sites for hydroxylation is 1. The summed E-state index contributed by atoms with van der Waals surface area (Å²) in [4.78, 5) is 43.6. The second-order valence-electron chi connectivity index (χ2n) is 8.20. The van der Waals surface area contributed by atoms with Crippen molar-refractivity contribution in [1.82, 2.24) is 25.2 Å². The number of nitrogens with zero attached hydrogens (tertiary/aromatic N) is 6. The smallest absolute Gasteiger partial charge is 0.356 e. The Hall–Kier alpha value is -3.52. The van der Waals surface area contributed by atoms with E-state index in [-0.39, 0.29) is 22.5 Å². The minimum absolute atomic E-state index is 0.0138. The summed E-state index contributed by atoms with van der Waals surface area (Å²) >= 11 is 2.02. The molecular weight excluding hydrogens is 492 g/mol. The van der Waals surface area contributed by atoms with Crippen molar-refractivity contribution in [1.29, 1.82) is 0 Å². The number of anilines is 3. The van der Waals surface area contributed by atoms with Gasteiger partial charge in [0.15, 0.2) is 16.6 Å². The molecule has 12 nitrogen and oxygen atoms in total. The Morgan fingerprint density at radius 2 is 1.94 bits per heavy atom. The maximum atomic E-state index is 13.2. The molecule has 0 aliphatic heterocycles. The minimum Gasteiger partial charge on any atom is -0.476 e. The summed E-state index contributed by atoms with van der Waals surface area (Å²) in [6.07, 6.45) is 3.73. The van der Waals surface area contributed by atoms with E-state index in [9.17, 15) is 19.5 Å². The number of rotatable bonds is 8. The van der Waals surface area contributed by atoms with Crippen LogP contribution < -0.4 is 15.5 Å². The molecule has 0 atom stereocenters. The number of carboxylic acid groups (broad SMARTS) is 1. The summed E-state index contributed by atoms with van der Waals surface area (Å²) in [6.45, 7) is 0. The number of ketones is 1. The van der Waals surface area contributed by atoms with E-state index < -0.39 is 12.0 Å². The summed E-state index contributed by atoms with van der Waals surface area (Å²) in [6, 6.07) is 4.66. The van der Waals surface area contributed by atoms with Crippen LogP contribution in [0.4, 0.5) is 21.3 Å². The molecule has 184 valence electrons. The fraction of sp³-hybridized carbons (Fsp3) is 0.381. The number of hydrogen-bond acceptors (Lipinski definition) is 10. The standard InChI is InChI=1S/C21H24N8O4S2/c1-28(2)12-8-9-14(13(10-12)16(30)11-6-4-5-7-11)22-19(33)24-20-23-15(17(31)32)18(34-20)35-21-25-26-27-29(21)3/h8-11H,4-7H2,1-3H3,(H,31,32)(H2,22,23,24,33). The second kappa shape index (κ2) is 10.4. The van der Waals surface area contributed by atoms with Crippen molar-refractivity contribution >= 4 is 57.4 Å². The van der Waals surface area contributed by atoms with Crippen LogP contribution in [-0.4, -0.2) is 62.2 Å². The van der Waals surface area contributed by atoms with Crippen LogP contribution in [0.1, 0.15) is 46.5 Å². The van der Waals surface area contributed by atoms with E-state index in [1.54, 1.807) is 19.2 Å². The Labute approximate surface area is 209 Å². The maximum Gasteiger partial charge on any atom is 0.356 e. The third kappa shape index (κ3) is 5.59. The lowest BCUT2D eigenvalue weighted by Gasteiger charge is -2.18. The van der Waals surface area contributed by atoms with Crippen LogP contribution in [0.15, 0.2) is 27.6 Å². The number of aromatic carboxylic acids is 1. The molecule has 4 rings (SSSR count). The van der Waals surface area contributed by atoms with Gasteiger partial charge in [0.25, 0.3) is 0 Å².